The highest BCUT2D eigenvalue weighted by molar-refractivity contribution is 5.55. The van der Waals surface area contributed by atoms with E-state index in [1.807, 2.05) is 0 Å². The molecule has 0 bridgehead atoms. The van der Waals surface area contributed by atoms with Gasteiger partial charge in [0.15, 0.2) is 5.75 Å². The Balaban J connectivity index is 3.05. The van der Waals surface area contributed by atoms with Crippen molar-refractivity contribution < 1.29 is 17.9 Å². The number of ether oxygens (including phenoxy) is 1. The second-order valence-corrected chi connectivity index (χ2v) is 2.54. The Kier molecular flexibility index (Phi) is 2.65. The summed E-state index contributed by atoms with van der Waals surface area (Å²) in [7, 11) is 0. The summed E-state index contributed by atoms with van der Waals surface area (Å²) in [6.07, 6.45) is 0. The third-order valence-corrected chi connectivity index (χ3v) is 1.45. The normalized spacial score (nSPS) is 10.5. The van der Waals surface area contributed by atoms with Crippen molar-refractivity contribution in [2.75, 3.05) is 5.73 Å². The van der Waals surface area contributed by atoms with Crippen molar-refractivity contribution in [1.82, 2.24) is 0 Å². The van der Waals surface area contributed by atoms with Gasteiger partial charge in [-0.3, -0.25) is 0 Å². The zero-order chi connectivity index (χ0) is 10.0. The van der Waals surface area contributed by atoms with Gasteiger partial charge < -0.3 is 10.5 Å². The molecule has 2 N–H and O–H groups in total. The highest BCUT2D eigenvalue weighted by Gasteiger charge is 2.11. The quantitative estimate of drug-likeness (QED) is 0.728. The molecule has 0 spiro atoms. The molecular formula is C8H8F3NO. The Morgan fingerprint density at radius 1 is 1.38 bits per heavy atom. The van der Waals surface area contributed by atoms with Crippen LogP contribution in [0.4, 0.5) is 18.9 Å². The Bertz CT molecular complexity index is 315. The van der Waals surface area contributed by atoms with Gasteiger partial charge in [-0.15, -0.1) is 0 Å². The Morgan fingerprint density at radius 2 is 2.00 bits per heavy atom. The van der Waals surface area contributed by atoms with Gasteiger partial charge in [-0.25, -0.2) is 4.39 Å². The van der Waals surface area contributed by atoms with Crippen LogP contribution in [-0.4, -0.2) is 6.61 Å². The number of halogens is 3. The topological polar surface area (TPSA) is 35.2 Å². The Morgan fingerprint density at radius 3 is 2.54 bits per heavy atom. The maximum atomic E-state index is 12.8. The molecule has 0 amide bonds. The maximum absolute atomic E-state index is 12.8. The molecule has 1 aromatic carbocycles. The van der Waals surface area contributed by atoms with Crippen molar-refractivity contribution in [3.05, 3.63) is 23.5 Å². The summed E-state index contributed by atoms with van der Waals surface area (Å²) < 4.78 is 40.4. The molecule has 2 nitrogen and oxygen atoms in total. The van der Waals surface area contributed by atoms with Crippen LogP contribution in [0.5, 0.6) is 5.75 Å². The van der Waals surface area contributed by atoms with Crippen molar-refractivity contribution in [2.45, 2.75) is 13.5 Å². The molecular weight excluding hydrogens is 183 g/mol. The van der Waals surface area contributed by atoms with Gasteiger partial charge in [-0.05, 0) is 24.6 Å². The van der Waals surface area contributed by atoms with Crippen molar-refractivity contribution in [3.8, 4) is 5.75 Å². The van der Waals surface area contributed by atoms with Gasteiger partial charge in [-0.2, -0.15) is 8.78 Å². The number of anilines is 1. The minimum absolute atomic E-state index is 0.326. The Labute approximate surface area is 73.1 Å². The molecule has 1 aromatic rings. The number of hydrogen-bond donors (Lipinski definition) is 1. The molecule has 0 saturated carbocycles. The first-order valence-electron chi connectivity index (χ1n) is 3.51. The predicted octanol–water partition coefficient (Wildman–Crippen LogP) is 2.32. The molecule has 13 heavy (non-hydrogen) atoms. The van der Waals surface area contributed by atoms with Gasteiger partial charge >= 0.3 is 6.61 Å². The van der Waals surface area contributed by atoms with E-state index in [9.17, 15) is 13.2 Å². The zero-order valence-corrected chi connectivity index (χ0v) is 6.85. The van der Waals surface area contributed by atoms with E-state index in [2.05, 4.69) is 4.74 Å². The number of benzene rings is 1. The molecule has 0 aromatic heterocycles. The average molecular weight is 191 g/mol. The fourth-order valence-corrected chi connectivity index (χ4v) is 0.915. The third kappa shape index (κ3) is 2.27. The Hall–Kier alpha value is -1.39. The zero-order valence-electron chi connectivity index (χ0n) is 6.85. The summed E-state index contributed by atoms with van der Waals surface area (Å²) in [6, 6.07) is 2.40. The van der Waals surface area contributed by atoms with Crippen LogP contribution in [0.25, 0.3) is 0 Å². The largest absolute Gasteiger partial charge is 0.433 e. The fourth-order valence-electron chi connectivity index (χ4n) is 0.915. The SMILES string of the molecule is Cc1cc(F)c(N)c(OC(F)F)c1. The molecule has 0 unspecified atom stereocenters. The van der Waals surface area contributed by atoms with Crippen molar-refractivity contribution >= 4 is 5.69 Å². The van der Waals surface area contributed by atoms with E-state index in [-0.39, 0.29) is 5.75 Å². The minimum atomic E-state index is -3.00. The van der Waals surface area contributed by atoms with Crippen LogP contribution in [0.15, 0.2) is 12.1 Å². The number of nitrogens with two attached hydrogens (primary N) is 1. The fraction of sp³-hybridized carbons (Fsp3) is 0.250. The summed E-state index contributed by atoms with van der Waals surface area (Å²) in [5.41, 5.74) is 5.24. The van der Waals surface area contributed by atoms with Gasteiger partial charge in [0.1, 0.15) is 11.5 Å². The summed E-state index contributed by atoms with van der Waals surface area (Å²) in [4.78, 5) is 0. The third-order valence-electron chi connectivity index (χ3n) is 1.45. The number of alkyl halides is 2. The molecule has 0 fully saturated rings. The predicted molar refractivity (Wildman–Crippen MR) is 42.2 cm³/mol. The summed E-state index contributed by atoms with van der Waals surface area (Å²) in [6.45, 7) is -1.44. The monoisotopic (exact) mass is 191 g/mol. The van der Waals surface area contributed by atoms with Crippen LogP contribution in [-0.2, 0) is 0 Å². The summed E-state index contributed by atoms with van der Waals surface area (Å²) >= 11 is 0. The lowest BCUT2D eigenvalue weighted by atomic mass is 10.2. The van der Waals surface area contributed by atoms with Gasteiger partial charge in [0.2, 0.25) is 0 Å². The van der Waals surface area contributed by atoms with E-state index in [0.717, 1.165) is 6.07 Å². The molecule has 0 aliphatic rings. The molecule has 72 valence electrons. The van der Waals surface area contributed by atoms with Crippen LogP contribution < -0.4 is 10.5 Å². The van der Waals surface area contributed by atoms with Crippen molar-refractivity contribution in [2.24, 2.45) is 0 Å². The first kappa shape index (κ1) is 9.70. The number of nitrogen functional groups attached to an aromatic ring is 1. The van der Waals surface area contributed by atoms with Crippen molar-refractivity contribution in [3.63, 3.8) is 0 Å². The van der Waals surface area contributed by atoms with Crippen LogP contribution >= 0.6 is 0 Å². The molecule has 0 aliphatic heterocycles. The van der Waals surface area contributed by atoms with Crippen LogP contribution in [0.3, 0.4) is 0 Å². The van der Waals surface area contributed by atoms with Gasteiger partial charge in [0, 0.05) is 0 Å². The minimum Gasteiger partial charge on any atom is -0.433 e. The van der Waals surface area contributed by atoms with Crippen LogP contribution in [0.1, 0.15) is 5.56 Å². The second kappa shape index (κ2) is 3.55. The number of rotatable bonds is 2. The van der Waals surface area contributed by atoms with Gasteiger partial charge in [0.25, 0.3) is 0 Å². The second-order valence-electron chi connectivity index (χ2n) is 2.54. The summed E-state index contributed by atoms with van der Waals surface area (Å²) in [5, 5.41) is 0. The molecule has 0 heterocycles. The molecule has 0 atom stereocenters. The molecule has 5 heteroatoms. The van der Waals surface area contributed by atoms with E-state index >= 15 is 0 Å². The lowest BCUT2D eigenvalue weighted by molar-refractivity contribution is -0.0494. The molecule has 1 rings (SSSR count). The van der Waals surface area contributed by atoms with Gasteiger partial charge in [-0.1, -0.05) is 0 Å². The smallest absolute Gasteiger partial charge is 0.387 e. The highest BCUT2D eigenvalue weighted by atomic mass is 19.3. The van der Waals surface area contributed by atoms with Crippen LogP contribution in [0.2, 0.25) is 0 Å². The van der Waals surface area contributed by atoms with Crippen LogP contribution in [0, 0.1) is 12.7 Å². The van der Waals surface area contributed by atoms with Gasteiger partial charge in [0.05, 0.1) is 0 Å². The van der Waals surface area contributed by atoms with E-state index in [1.54, 1.807) is 6.92 Å². The lowest BCUT2D eigenvalue weighted by Gasteiger charge is -2.08. The first-order valence-corrected chi connectivity index (χ1v) is 3.51. The number of aryl methyl sites for hydroxylation is 1. The van der Waals surface area contributed by atoms with E-state index in [4.69, 9.17) is 5.73 Å². The lowest BCUT2D eigenvalue weighted by Crippen LogP contribution is -2.05. The average Bonchev–Trinajstić information content (AvgIpc) is 1.98. The number of hydrogen-bond acceptors (Lipinski definition) is 2. The van der Waals surface area contributed by atoms with Crippen molar-refractivity contribution in [1.29, 1.82) is 0 Å². The molecule has 0 saturated heterocycles. The summed E-state index contributed by atoms with van der Waals surface area (Å²) in [5.74, 6) is -1.08. The van der Waals surface area contributed by atoms with E-state index in [0.29, 0.717) is 5.56 Å². The van der Waals surface area contributed by atoms with E-state index in [1.165, 1.54) is 6.07 Å². The first-order chi connectivity index (χ1) is 6.00. The standard InChI is InChI=1S/C8H8F3NO/c1-4-2-5(9)7(12)6(3-4)13-8(10)11/h2-3,8H,12H2,1H3. The molecule has 0 aliphatic carbocycles. The molecule has 0 radical (unpaired) electrons. The highest BCUT2D eigenvalue weighted by Crippen LogP contribution is 2.27. The maximum Gasteiger partial charge on any atom is 0.387 e. The van der Waals surface area contributed by atoms with E-state index < -0.39 is 18.1 Å².